The summed E-state index contributed by atoms with van der Waals surface area (Å²) < 4.78 is 3.52. The molecule has 2 heterocycles. The first-order chi connectivity index (χ1) is 5.70. The lowest BCUT2D eigenvalue weighted by molar-refractivity contribution is 0.886. The van der Waals surface area contributed by atoms with E-state index in [0.29, 0.717) is 5.52 Å². The molecule has 0 aliphatic heterocycles. The van der Waals surface area contributed by atoms with Crippen molar-refractivity contribution < 1.29 is 0 Å². The number of fused-ring (bicyclic) bond motifs is 1. The van der Waals surface area contributed by atoms with Crippen LogP contribution in [0.3, 0.4) is 0 Å². The van der Waals surface area contributed by atoms with Crippen LogP contribution in [0.25, 0.3) is 11.2 Å². The van der Waals surface area contributed by atoms with Crippen LogP contribution in [0.1, 0.15) is 0 Å². The highest BCUT2D eigenvalue weighted by atomic mass is 127. The zero-order valence-electron chi connectivity index (χ0n) is 6.23. The Morgan fingerprint density at radius 1 is 1.42 bits per heavy atom. The zero-order chi connectivity index (χ0) is 8.72. The molecule has 0 aromatic carbocycles. The molecule has 0 bridgehead atoms. The number of rotatable bonds is 0. The van der Waals surface area contributed by atoms with E-state index in [1.165, 1.54) is 6.33 Å². The van der Waals surface area contributed by atoms with Gasteiger partial charge < -0.3 is 4.57 Å². The summed E-state index contributed by atoms with van der Waals surface area (Å²) >= 11 is 2.06. The summed E-state index contributed by atoms with van der Waals surface area (Å²) in [5.41, 5.74) is 0.906. The lowest BCUT2D eigenvalue weighted by Gasteiger charge is -1.98. The maximum Gasteiger partial charge on any atom is 0.300 e. The lowest BCUT2D eigenvalue weighted by Crippen LogP contribution is -2.10. The molecule has 62 valence electrons. The van der Waals surface area contributed by atoms with E-state index in [-0.39, 0.29) is 5.56 Å². The Hall–Kier alpha value is -0.920. The summed E-state index contributed by atoms with van der Waals surface area (Å²) in [6.45, 7) is 0. The number of hydrogen-bond donors (Lipinski definition) is 0. The average molecular weight is 276 g/mol. The highest BCUT2D eigenvalue weighted by Crippen LogP contribution is 2.08. The molecule has 0 radical (unpaired) electrons. The van der Waals surface area contributed by atoms with Crippen LogP contribution in [0.2, 0.25) is 0 Å². The topological polar surface area (TPSA) is 52.7 Å². The third kappa shape index (κ3) is 0.942. The van der Waals surface area contributed by atoms with E-state index < -0.39 is 0 Å². The maximum atomic E-state index is 11.1. The van der Waals surface area contributed by atoms with Gasteiger partial charge in [0, 0.05) is 7.05 Å². The molecule has 0 spiro atoms. The fourth-order valence-electron chi connectivity index (χ4n) is 1.05. The molecular formula is C6H5IN4O. The summed E-state index contributed by atoms with van der Waals surface area (Å²) in [5, 5.41) is 0. The van der Waals surface area contributed by atoms with Gasteiger partial charge in [0.05, 0.1) is 22.9 Å². The van der Waals surface area contributed by atoms with Crippen LogP contribution in [0.4, 0.5) is 0 Å². The number of aromatic nitrogens is 4. The molecule has 0 saturated heterocycles. The highest BCUT2D eigenvalue weighted by Gasteiger charge is 2.06. The molecule has 0 amide bonds. The van der Waals surface area contributed by atoms with Crippen LogP contribution in [-0.4, -0.2) is 17.3 Å². The van der Waals surface area contributed by atoms with Gasteiger partial charge in [0.15, 0.2) is 11.2 Å². The minimum absolute atomic E-state index is 0.279. The molecule has 0 aliphatic carbocycles. The molecule has 0 fully saturated rings. The van der Waals surface area contributed by atoms with Gasteiger partial charge in [-0.15, -0.1) is 0 Å². The Morgan fingerprint density at radius 3 is 2.83 bits per heavy atom. The van der Waals surface area contributed by atoms with E-state index in [0.717, 1.165) is 5.65 Å². The van der Waals surface area contributed by atoms with Crippen molar-refractivity contribution in [3.63, 3.8) is 0 Å². The van der Waals surface area contributed by atoms with Crippen molar-refractivity contribution in [3.05, 3.63) is 23.0 Å². The van der Waals surface area contributed by atoms with Gasteiger partial charge in [0.2, 0.25) is 0 Å². The van der Waals surface area contributed by atoms with Crippen molar-refractivity contribution >= 4 is 34.0 Å². The van der Waals surface area contributed by atoms with E-state index in [2.05, 4.69) is 32.8 Å². The van der Waals surface area contributed by atoms with Crippen LogP contribution in [-0.2, 0) is 7.05 Å². The third-order valence-corrected chi connectivity index (χ3v) is 2.29. The second-order valence-corrected chi connectivity index (χ2v) is 3.43. The number of aryl methyl sites for hydroxylation is 1. The van der Waals surface area contributed by atoms with Crippen molar-refractivity contribution in [1.82, 2.24) is 17.3 Å². The van der Waals surface area contributed by atoms with Gasteiger partial charge in [0.25, 0.3) is 0 Å². The van der Waals surface area contributed by atoms with E-state index in [1.54, 1.807) is 13.7 Å². The van der Waals surface area contributed by atoms with E-state index in [4.69, 9.17) is 0 Å². The van der Waals surface area contributed by atoms with Gasteiger partial charge in [-0.05, 0) is 0 Å². The molecule has 0 aliphatic rings. The maximum absolute atomic E-state index is 11.1. The number of imidazole rings is 1. The van der Waals surface area contributed by atoms with Gasteiger partial charge in [-0.2, -0.15) is 4.98 Å². The van der Waals surface area contributed by atoms with Crippen LogP contribution >= 0.6 is 22.9 Å². The monoisotopic (exact) mass is 276 g/mol. The first-order valence-electron chi connectivity index (χ1n) is 3.25. The normalized spacial score (nSPS) is 10.8. The van der Waals surface area contributed by atoms with Crippen molar-refractivity contribution in [2.45, 2.75) is 0 Å². The molecule has 2 aromatic heterocycles. The number of nitrogens with zero attached hydrogens (tertiary/aromatic N) is 4. The molecule has 0 N–H and O–H groups in total. The van der Waals surface area contributed by atoms with E-state index in [1.807, 2.05) is 7.05 Å². The van der Waals surface area contributed by atoms with Crippen LogP contribution < -0.4 is 5.56 Å². The Balaban J connectivity index is 3.09. The first-order valence-corrected chi connectivity index (χ1v) is 4.21. The summed E-state index contributed by atoms with van der Waals surface area (Å²) in [7, 11) is 1.83. The Bertz CT molecular complexity index is 486. The van der Waals surface area contributed by atoms with Crippen LogP contribution in [0.15, 0.2) is 17.4 Å². The minimum atomic E-state index is -0.279. The van der Waals surface area contributed by atoms with Gasteiger partial charge in [-0.25, -0.2) is 4.98 Å². The molecule has 0 atom stereocenters. The second-order valence-electron chi connectivity index (χ2n) is 2.39. The van der Waals surface area contributed by atoms with Gasteiger partial charge in [0.1, 0.15) is 12.7 Å². The van der Waals surface area contributed by atoms with Crippen molar-refractivity contribution in [1.29, 1.82) is 0 Å². The molecule has 0 saturated carbocycles. The summed E-state index contributed by atoms with van der Waals surface area (Å²) in [6, 6.07) is 0. The van der Waals surface area contributed by atoms with Gasteiger partial charge in [-0.3, -0.25) is 7.58 Å². The van der Waals surface area contributed by atoms with E-state index >= 15 is 0 Å². The summed E-state index contributed by atoms with van der Waals surface area (Å²) in [4.78, 5) is 18.7. The summed E-state index contributed by atoms with van der Waals surface area (Å²) in [6.07, 6.45) is 3.08. The highest BCUT2D eigenvalue weighted by molar-refractivity contribution is 14.1. The Kier molecular flexibility index (Phi) is 1.63. The summed E-state index contributed by atoms with van der Waals surface area (Å²) in [5.74, 6) is 0. The number of hydrogen-bond acceptors (Lipinski definition) is 3. The Labute approximate surface area is 81.5 Å². The smallest absolute Gasteiger partial charge is 0.300 e. The predicted molar refractivity (Wildman–Crippen MR) is 52.2 cm³/mol. The van der Waals surface area contributed by atoms with Crippen molar-refractivity contribution in [2.75, 3.05) is 0 Å². The third-order valence-electron chi connectivity index (χ3n) is 1.59. The fraction of sp³-hybridized carbons (Fsp3) is 0.167. The zero-order valence-corrected chi connectivity index (χ0v) is 8.39. The largest absolute Gasteiger partial charge is 0.319 e. The molecule has 0 unspecified atom stereocenters. The van der Waals surface area contributed by atoms with Gasteiger partial charge >= 0.3 is 5.56 Å². The van der Waals surface area contributed by atoms with Crippen LogP contribution in [0.5, 0.6) is 0 Å². The molecule has 6 heteroatoms. The Morgan fingerprint density at radius 2 is 2.17 bits per heavy atom. The lowest BCUT2D eigenvalue weighted by atomic mass is 10.5. The molecule has 2 rings (SSSR count). The minimum Gasteiger partial charge on any atom is -0.319 e. The molecule has 12 heavy (non-hydrogen) atoms. The van der Waals surface area contributed by atoms with Crippen molar-refractivity contribution in [3.8, 4) is 0 Å². The fourth-order valence-corrected chi connectivity index (χ4v) is 1.74. The molecule has 5 nitrogen and oxygen atoms in total. The van der Waals surface area contributed by atoms with E-state index in [9.17, 15) is 4.79 Å². The van der Waals surface area contributed by atoms with Gasteiger partial charge in [-0.1, -0.05) is 0 Å². The van der Waals surface area contributed by atoms with Crippen molar-refractivity contribution in [2.24, 2.45) is 7.05 Å². The quantitative estimate of drug-likeness (QED) is 0.651. The van der Waals surface area contributed by atoms with Crippen LogP contribution in [0, 0.1) is 0 Å². The number of halogens is 1. The SMILES string of the molecule is Cn1cnc(=O)c2ncn(I)c21. The predicted octanol–water partition coefficient (Wildman–Crippen LogP) is 0.328. The molecule has 2 aromatic rings. The second kappa shape index (κ2) is 2.54. The average Bonchev–Trinajstić information content (AvgIpc) is 2.42. The first kappa shape index (κ1) is 7.71. The standard InChI is InChI=1S/C6H5IN4O/c1-10-2-9-5(12)4-6(10)11(7)3-8-4/h2-3H,1H3. The molecular weight excluding hydrogens is 271 g/mol.